The molecule has 1 aromatic heterocycles. The van der Waals surface area contributed by atoms with Gasteiger partial charge in [-0.2, -0.15) is 0 Å². The van der Waals surface area contributed by atoms with E-state index in [1.807, 2.05) is 27.7 Å². The fourth-order valence-corrected chi connectivity index (χ4v) is 1.63. The molecular weight excluding hydrogens is 190 g/mol. The molecule has 1 aromatic rings. The summed E-state index contributed by atoms with van der Waals surface area (Å²) in [5, 5.41) is 0. The second kappa shape index (κ2) is 4.43. The van der Waals surface area contributed by atoms with Crippen molar-refractivity contribution in [2.45, 2.75) is 34.6 Å². The molecule has 0 N–H and O–H groups in total. The molecule has 0 aliphatic rings. The number of nitrogens with zero attached hydrogens (tertiary/aromatic N) is 1. The molecule has 0 atom stereocenters. The van der Waals surface area contributed by atoms with E-state index in [4.69, 9.17) is 4.74 Å². The summed E-state index contributed by atoms with van der Waals surface area (Å²) in [4.78, 5) is 16.0. The number of carbonyl (C=O) groups is 1. The van der Waals surface area contributed by atoms with Crippen LogP contribution in [-0.4, -0.2) is 17.6 Å². The minimum Gasteiger partial charge on any atom is -0.462 e. The summed E-state index contributed by atoms with van der Waals surface area (Å²) in [6, 6.07) is 0. The van der Waals surface area contributed by atoms with Gasteiger partial charge in [0, 0.05) is 5.69 Å². The second-order valence-corrected chi connectivity index (χ2v) is 3.63. The Morgan fingerprint density at radius 1 is 1.13 bits per heavy atom. The van der Waals surface area contributed by atoms with Gasteiger partial charge in [0.25, 0.3) is 0 Å². The Balaban J connectivity index is 3.29. The minimum absolute atomic E-state index is 0.275. The van der Waals surface area contributed by atoms with E-state index in [9.17, 15) is 4.79 Å². The predicted octanol–water partition coefficient (Wildman–Crippen LogP) is 2.49. The Labute approximate surface area is 90.5 Å². The molecule has 0 radical (unpaired) electrons. The van der Waals surface area contributed by atoms with Gasteiger partial charge in [-0.1, -0.05) is 0 Å². The van der Waals surface area contributed by atoms with Crippen molar-refractivity contribution in [3.05, 3.63) is 28.1 Å². The molecule has 0 aliphatic heterocycles. The Hall–Kier alpha value is -1.38. The van der Waals surface area contributed by atoms with Crippen molar-refractivity contribution in [1.29, 1.82) is 0 Å². The van der Waals surface area contributed by atoms with Crippen molar-refractivity contribution in [3.8, 4) is 0 Å². The SMILES string of the molecule is CCOC(=O)c1c(C)nc(C)c(C)c1C. The lowest BCUT2D eigenvalue weighted by molar-refractivity contribution is 0.0524. The molecule has 15 heavy (non-hydrogen) atoms. The lowest BCUT2D eigenvalue weighted by Crippen LogP contribution is -2.12. The normalized spacial score (nSPS) is 10.2. The molecule has 0 unspecified atom stereocenters. The number of carbonyl (C=O) groups excluding carboxylic acids is 1. The average molecular weight is 207 g/mol. The van der Waals surface area contributed by atoms with Gasteiger partial charge in [-0.25, -0.2) is 4.79 Å². The molecule has 1 heterocycles. The van der Waals surface area contributed by atoms with Gasteiger partial charge in [0.15, 0.2) is 0 Å². The number of pyridine rings is 1. The standard InChI is InChI=1S/C12H17NO2/c1-6-15-12(14)11-8(3)7(2)9(4)13-10(11)5/h6H2,1-5H3. The molecule has 0 amide bonds. The molecule has 3 heteroatoms. The van der Waals surface area contributed by atoms with Crippen LogP contribution < -0.4 is 0 Å². The number of rotatable bonds is 2. The van der Waals surface area contributed by atoms with Crippen LogP contribution >= 0.6 is 0 Å². The van der Waals surface area contributed by atoms with E-state index in [-0.39, 0.29) is 5.97 Å². The number of aryl methyl sites for hydroxylation is 2. The maximum absolute atomic E-state index is 11.7. The number of ether oxygens (including phenoxy) is 1. The van der Waals surface area contributed by atoms with Crippen LogP contribution in [0.25, 0.3) is 0 Å². The molecule has 0 aromatic carbocycles. The van der Waals surface area contributed by atoms with Crippen LogP contribution in [0, 0.1) is 27.7 Å². The lowest BCUT2D eigenvalue weighted by Gasteiger charge is -2.12. The third kappa shape index (κ3) is 2.17. The fraction of sp³-hybridized carbons (Fsp3) is 0.500. The fourth-order valence-electron chi connectivity index (χ4n) is 1.63. The van der Waals surface area contributed by atoms with Crippen LogP contribution in [0.15, 0.2) is 0 Å². The highest BCUT2D eigenvalue weighted by molar-refractivity contribution is 5.92. The molecule has 3 nitrogen and oxygen atoms in total. The van der Waals surface area contributed by atoms with Gasteiger partial charge in [-0.3, -0.25) is 4.98 Å². The average Bonchev–Trinajstić information content (AvgIpc) is 2.15. The lowest BCUT2D eigenvalue weighted by atomic mass is 10.0. The van der Waals surface area contributed by atoms with E-state index >= 15 is 0 Å². The van der Waals surface area contributed by atoms with Crippen molar-refractivity contribution in [1.82, 2.24) is 4.98 Å². The maximum Gasteiger partial charge on any atom is 0.340 e. The summed E-state index contributed by atoms with van der Waals surface area (Å²) in [5.74, 6) is -0.275. The Bertz CT molecular complexity index is 397. The largest absolute Gasteiger partial charge is 0.462 e. The van der Waals surface area contributed by atoms with Crippen molar-refractivity contribution in [2.75, 3.05) is 6.61 Å². The molecular formula is C12H17NO2. The molecule has 0 aliphatic carbocycles. The highest BCUT2D eigenvalue weighted by Gasteiger charge is 2.17. The maximum atomic E-state index is 11.7. The number of esters is 1. The van der Waals surface area contributed by atoms with Crippen LogP contribution in [0.3, 0.4) is 0 Å². The summed E-state index contributed by atoms with van der Waals surface area (Å²) in [6.07, 6.45) is 0. The first-order valence-corrected chi connectivity index (χ1v) is 5.10. The number of hydrogen-bond donors (Lipinski definition) is 0. The van der Waals surface area contributed by atoms with Gasteiger partial charge >= 0.3 is 5.97 Å². The van der Waals surface area contributed by atoms with Crippen molar-refractivity contribution in [3.63, 3.8) is 0 Å². The summed E-state index contributed by atoms with van der Waals surface area (Å²) in [5.41, 5.74) is 4.36. The Kier molecular flexibility index (Phi) is 3.45. The molecule has 0 spiro atoms. The van der Waals surface area contributed by atoms with Gasteiger partial charge < -0.3 is 4.74 Å². The van der Waals surface area contributed by atoms with Crippen molar-refractivity contribution in [2.24, 2.45) is 0 Å². The topological polar surface area (TPSA) is 39.2 Å². The molecule has 0 bridgehead atoms. The van der Waals surface area contributed by atoms with Gasteiger partial charge in [-0.15, -0.1) is 0 Å². The monoisotopic (exact) mass is 207 g/mol. The third-order valence-electron chi connectivity index (χ3n) is 2.66. The van der Waals surface area contributed by atoms with Gasteiger partial charge in [0.05, 0.1) is 17.9 Å². The van der Waals surface area contributed by atoms with Crippen LogP contribution in [0.4, 0.5) is 0 Å². The second-order valence-electron chi connectivity index (χ2n) is 3.63. The van der Waals surface area contributed by atoms with Crippen LogP contribution in [0.5, 0.6) is 0 Å². The van der Waals surface area contributed by atoms with Crippen LogP contribution in [0.2, 0.25) is 0 Å². The van der Waals surface area contributed by atoms with E-state index in [1.54, 1.807) is 6.92 Å². The first-order chi connectivity index (χ1) is 6.99. The molecule has 1 rings (SSSR count). The highest BCUT2D eigenvalue weighted by Crippen LogP contribution is 2.19. The van der Waals surface area contributed by atoms with Gasteiger partial charge in [-0.05, 0) is 45.7 Å². The summed E-state index contributed by atoms with van der Waals surface area (Å²) in [7, 11) is 0. The molecule has 0 fully saturated rings. The van der Waals surface area contributed by atoms with Crippen molar-refractivity contribution < 1.29 is 9.53 Å². The minimum atomic E-state index is -0.275. The van der Waals surface area contributed by atoms with E-state index in [0.29, 0.717) is 12.2 Å². The summed E-state index contributed by atoms with van der Waals surface area (Å²) in [6.45, 7) is 9.89. The summed E-state index contributed by atoms with van der Waals surface area (Å²) < 4.78 is 5.01. The zero-order valence-corrected chi connectivity index (χ0v) is 9.97. The van der Waals surface area contributed by atoms with E-state index in [0.717, 1.165) is 22.5 Å². The van der Waals surface area contributed by atoms with Crippen molar-refractivity contribution >= 4 is 5.97 Å². The highest BCUT2D eigenvalue weighted by atomic mass is 16.5. The first kappa shape index (κ1) is 11.7. The van der Waals surface area contributed by atoms with Crippen LogP contribution in [-0.2, 0) is 4.74 Å². The molecule has 82 valence electrons. The summed E-state index contributed by atoms with van der Waals surface area (Å²) >= 11 is 0. The van der Waals surface area contributed by atoms with E-state index in [2.05, 4.69) is 4.98 Å². The third-order valence-corrected chi connectivity index (χ3v) is 2.66. The molecule has 0 saturated carbocycles. The first-order valence-electron chi connectivity index (χ1n) is 5.10. The number of aromatic nitrogens is 1. The van der Waals surface area contributed by atoms with Gasteiger partial charge in [0.2, 0.25) is 0 Å². The molecule has 0 saturated heterocycles. The predicted molar refractivity (Wildman–Crippen MR) is 59.1 cm³/mol. The quantitative estimate of drug-likeness (QED) is 0.699. The Morgan fingerprint density at radius 3 is 2.27 bits per heavy atom. The zero-order chi connectivity index (χ0) is 11.6. The van der Waals surface area contributed by atoms with E-state index < -0.39 is 0 Å². The zero-order valence-electron chi connectivity index (χ0n) is 9.97. The van der Waals surface area contributed by atoms with Gasteiger partial charge in [0.1, 0.15) is 0 Å². The Morgan fingerprint density at radius 2 is 1.73 bits per heavy atom. The van der Waals surface area contributed by atoms with E-state index in [1.165, 1.54) is 0 Å². The number of hydrogen-bond acceptors (Lipinski definition) is 3. The smallest absolute Gasteiger partial charge is 0.340 e. The van der Waals surface area contributed by atoms with Crippen LogP contribution in [0.1, 0.15) is 39.8 Å².